The topological polar surface area (TPSA) is 47.9 Å². The first-order valence-electron chi connectivity index (χ1n) is 12.3. The Morgan fingerprint density at radius 2 is 0.919 bits per heavy atom. The quantitative estimate of drug-likeness (QED) is 0.139. The second-order valence-electron chi connectivity index (χ2n) is 8.39. The van der Waals surface area contributed by atoms with E-state index in [4.69, 9.17) is 13.6 Å². The monoisotopic (exact) mass is 615 g/mol. The summed E-state index contributed by atoms with van der Waals surface area (Å²) < 4.78 is 31.0. The first-order chi connectivity index (χ1) is 18.0. The molecule has 4 aromatic rings. The summed E-state index contributed by atoms with van der Waals surface area (Å²) in [5.41, 5.74) is -2.15. The Labute approximate surface area is 228 Å². The van der Waals surface area contributed by atoms with Crippen LogP contribution in [0.4, 0.5) is 0 Å². The van der Waals surface area contributed by atoms with Gasteiger partial charge in [0, 0.05) is 0 Å². The Morgan fingerprint density at radius 1 is 0.595 bits per heavy atom. The molecule has 0 aliphatic rings. The van der Waals surface area contributed by atoms with Gasteiger partial charge >= 0.3 is 229 Å². The first-order valence-corrected chi connectivity index (χ1v) is 19.9. The molecule has 0 spiro atoms. The van der Waals surface area contributed by atoms with Gasteiger partial charge < -0.3 is 0 Å². The summed E-state index contributed by atoms with van der Waals surface area (Å²) in [6, 6.07) is 41.7. The molecule has 4 nitrogen and oxygen atoms in total. The van der Waals surface area contributed by atoms with Gasteiger partial charge in [0.25, 0.3) is 0 Å². The molecule has 0 aliphatic heterocycles. The molecule has 8 heteroatoms. The van der Waals surface area contributed by atoms with Gasteiger partial charge in [-0.05, 0) is 0 Å². The van der Waals surface area contributed by atoms with E-state index in [0.29, 0.717) is 5.90 Å². The van der Waals surface area contributed by atoms with Crippen LogP contribution in [0.3, 0.4) is 0 Å². The van der Waals surface area contributed by atoms with Gasteiger partial charge in [-0.1, -0.05) is 0 Å². The van der Waals surface area contributed by atoms with Crippen LogP contribution < -0.4 is 21.2 Å². The molecule has 0 heterocycles. The third-order valence-corrected chi connectivity index (χ3v) is 21.9. The Bertz CT molecular complexity index is 1340. The third-order valence-electron chi connectivity index (χ3n) is 5.96. The van der Waals surface area contributed by atoms with Gasteiger partial charge in [0.15, 0.2) is 0 Å². The number of hydrogen-bond acceptors (Lipinski definition) is 3. The second kappa shape index (κ2) is 12.8. The van der Waals surface area contributed by atoms with E-state index in [1.54, 1.807) is 0 Å². The molecule has 0 atom stereocenters. The zero-order valence-corrected chi connectivity index (χ0v) is 25.5. The Morgan fingerprint density at radius 3 is 1.24 bits per heavy atom. The van der Waals surface area contributed by atoms with Crippen LogP contribution in [0.5, 0.6) is 0 Å². The maximum absolute atomic E-state index is 14.2. The summed E-state index contributed by atoms with van der Waals surface area (Å²) in [7, 11) is -6.47. The second-order valence-corrected chi connectivity index (χ2v) is 20.7. The minimum absolute atomic E-state index is 0.250. The number of hydrogen-bond donors (Lipinski definition) is 0. The summed E-state index contributed by atoms with van der Waals surface area (Å²) in [5.74, 6) is 0.673. The van der Waals surface area contributed by atoms with E-state index in [9.17, 15) is 4.57 Å². The predicted molar refractivity (Wildman–Crippen MR) is 162 cm³/mol. The van der Waals surface area contributed by atoms with Crippen molar-refractivity contribution in [3.05, 3.63) is 121 Å². The fourth-order valence-electron chi connectivity index (χ4n) is 4.33. The van der Waals surface area contributed by atoms with Crippen LogP contribution in [0.2, 0.25) is 0 Å². The number of rotatable bonds is 11. The zero-order chi connectivity index (χ0) is 26.2. The van der Waals surface area contributed by atoms with Crippen LogP contribution in [0.1, 0.15) is 13.8 Å². The van der Waals surface area contributed by atoms with Gasteiger partial charge in [-0.3, -0.25) is 0 Å². The van der Waals surface area contributed by atoms with Crippen molar-refractivity contribution in [2.75, 3.05) is 19.1 Å². The van der Waals surface area contributed by atoms with Crippen molar-refractivity contribution >= 4 is 56.6 Å². The van der Waals surface area contributed by atoms with E-state index in [1.165, 1.54) is 10.6 Å². The van der Waals surface area contributed by atoms with Gasteiger partial charge in [0.05, 0.1) is 0 Å². The van der Waals surface area contributed by atoms with Gasteiger partial charge in [-0.15, -0.1) is 0 Å². The van der Waals surface area contributed by atoms with E-state index >= 15 is 0 Å². The Hall–Kier alpha value is -1.79. The molecular formula is C29H32NO3P3Se. The molecule has 0 fully saturated rings. The standard InChI is InChI=1S/C29H32NO3P3Se/c1-3-32-36(31,33-4-2)30-34(26-17-9-5-10-18-26,27-19-11-6-12-20-27)25-35(37,28-21-13-7-14-22-28)29-23-15-8-16-24-29/h5-24H,3-4,25H2,1-2H3. The van der Waals surface area contributed by atoms with Crippen molar-refractivity contribution in [1.82, 2.24) is 0 Å². The molecule has 0 aromatic heterocycles. The van der Waals surface area contributed by atoms with Crippen LogP contribution >= 0.6 is 20.3 Å². The molecule has 0 radical (unpaired) electrons. The van der Waals surface area contributed by atoms with E-state index in [1.807, 2.05) is 62.4 Å². The van der Waals surface area contributed by atoms with E-state index in [0.717, 1.165) is 10.6 Å². The van der Waals surface area contributed by atoms with E-state index in [-0.39, 0.29) is 13.2 Å². The third kappa shape index (κ3) is 6.44. The molecule has 0 amide bonds. The van der Waals surface area contributed by atoms with Gasteiger partial charge in [-0.2, -0.15) is 0 Å². The van der Waals surface area contributed by atoms with Crippen molar-refractivity contribution in [2.24, 2.45) is 4.52 Å². The van der Waals surface area contributed by atoms with Gasteiger partial charge in [0.2, 0.25) is 0 Å². The van der Waals surface area contributed by atoms with Gasteiger partial charge in [-0.25, -0.2) is 0 Å². The van der Waals surface area contributed by atoms with Crippen LogP contribution in [-0.4, -0.2) is 34.2 Å². The van der Waals surface area contributed by atoms with Crippen molar-refractivity contribution in [2.45, 2.75) is 13.8 Å². The fraction of sp³-hybridized carbons (Fsp3) is 0.172. The molecule has 0 saturated heterocycles. The maximum atomic E-state index is 14.2. The molecule has 0 N–H and O–H groups in total. The van der Waals surface area contributed by atoms with Crippen molar-refractivity contribution in [1.29, 1.82) is 0 Å². The first kappa shape index (κ1) is 28.2. The van der Waals surface area contributed by atoms with Crippen molar-refractivity contribution < 1.29 is 13.6 Å². The average Bonchev–Trinajstić information content (AvgIpc) is 2.95. The van der Waals surface area contributed by atoms with Crippen LogP contribution in [-0.2, 0) is 13.6 Å². The minimum atomic E-state index is -3.76. The molecule has 4 rings (SSSR count). The molecule has 4 aromatic carbocycles. The average molecular weight is 614 g/mol. The number of benzene rings is 4. The summed E-state index contributed by atoms with van der Waals surface area (Å²) >= 11 is 3.68. The summed E-state index contributed by atoms with van der Waals surface area (Å²) in [4.78, 5) is 0. The summed E-state index contributed by atoms with van der Waals surface area (Å²) in [5, 5.41) is 4.56. The van der Waals surface area contributed by atoms with E-state index < -0.39 is 20.3 Å². The molecule has 0 bridgehead atoms. The van der Waals surface area contributed by atoms with Gasteiger partial charge in [0.1, 0.15) is 0 Å². The zero-order valence-electron chi connectivity index (χ0n) is 21.1. The summed E-state index contributed by atoms with van der Waals surface area (Å²) in [6.07, 6.45) is 0. The van der Waals surface area contributed by atoms with Crippen LogP contribution in [0.15, 0.2) is 126 Å². The molecule has 0 aliphatic carbocycles. The molecule has 37 heavy (non-hydrogen) atoms. The van der Waals surface area contributed by atoms with E-state index in [2.05, 4.69) is 87.9 Å². The molecule has 0 unspecified atom stereocenters. The predicted octanol–water partition coefficient (Wildman–Crippen LogP) is 6.73. The fourth-order valence-corrected chi connectivity index (χ4v) is 21.4. The normalized spacial score (nSPS) is 12.3. The van der Waals surface area contributed by atoms with Crippen LogP contribution in [0.25, 0.3) is 0 Å². The van der Waals surface area contributed by atoms with Crippen LogP contribution in [0, 0.1) is 0 Å². The Balaban J connectivity index is 2.11. The summed E-state index contributed by atoms with van der Waals surface area (Å²) in [6.45, 7) is 4.15. The molecule has 0 saturated carbocycles. The Kier molecular flexibility index (Phi) is 9.79. The number of nitrogens with zero attached hydrogens (tertiary/aromatic N) is 1. The molecular weight excluding hydrogens is 582 g/mol. The molecule has 192 valence electrons. The van der Waals surface area contributed by atoms with Crippen molar-refractivity contribution in [3.63, 3.8) is 0 Å². The van der Waals surface area contributed by atoms with Crippen molar-refractivity contribution in [3.8, 4) is 0 Å². The SMILES string of the molecule is CCOP(=O)(N=P(CP(=[Se])(c1ccccc1)c1ccccc1)(c1ccccc1)c1ccccc1)OCC.